The smallest absolute Gasteiger partial charge is 0.145 e. The van der Waals surface area contributed by atoms with Crippen molar-refractivity contribution in [3.8, 4) is 0 Å². The molecule has 1 atom stereocenters. The van der Waals surface area contributed by atoms with Gasteiger partial charge in [0.1, 0.15) is 11.6 Å². The molecule has 0 aliphatic heterocycles. The summed E-state index contributed by atoms with van der Waals surface area (Å²) in [7, 11) is 0. The van der Waals surface area contributed by atoms with Crippen LogP contribution in [0.1, 0.15) is 24.1 Å². The third-order valence-corrected chi connectivity index (χ3v) is 3.81. The Morgan fingerprint density at radius 1 is 1.25 bits per heavy atom. The van der Waals surface area contributed by atoms with E-state index < -0.39 is 17.7 Å². The molecule has 2 rings (SSSR count). The molecule has 20 heavy (non-hydrogen) atoms. The number of hydrogen-bond donors (Lipinski definition) is 1. The molecule has 0 bridgehead atoms. The molecule has 5 heteroatoms. The van der Waals surface area contributed by atoms with E-state index in [0.29, 0.717) is 11.6 Å². The van der Waals surface area contributed by atoms with Crippen molar-refractivity contribution in [2.45, 2.75) is 13.0 Å². The second-order valence-corrected chi connectivity index (χ2v) is 5.59. The second kappa shape index (κ2) is 6.66. The van der Waals surface area contributed by atoms with Crippen LogP contribution in [0.15, 0.2) is 40.9 Å². The highest BCUT2D eigenvalue weighted by molar-refractivity contribution is 9.10. The standard InChI is InChI=1S/C15H13BrClF2N/c1-2-20-15(9-4-3-5-10(17)8-9)13-12(18)7-6-11(16)14(13)19/h3-8,15,20H,2H2,1H3. The number of halogens is 4. The minimum absolute atomic E-state index is 0.0107. The van der Waals surface area contributed by atoms with Crippen LogP contribution in [0, 0.1) is 11.6 Å². The van der Waals surface area contributed by atoms with E-state index in [1.165, 1.54) is 12.1 Å². The van der Waals surface area contributed by atoms with Gasteiger partial charge in [0.2, 0.25) is 0 Å². The van der Waals surface area contributed by atoms with Crippen LogP contribution in [0.25, 0.3) is 0 Å². The molecule has 0 aliphatic rings. The highest BCUT2D eigenvalue weighted by Gasteiger charge is 2.23. The van der Waals surface area contributed by atoms with E-state index in [4.69, 9.17) is 11.6 Å². The Kier molecular flexibility index (Phi) is 5.13. The van der Waals surface area contributed by atoms with Crippen molar-refractivity contribution in [3.05, 3.63) is 68.7 Å². The first-order valence-electron chi connectivity index (χ1n) is 6.16. The minimum Gasteiger partial charge on any atom is -0.306 e. The molecule has 2 aromatic rings. The maximum atomic E-state index is 14.3. The molecule has 0 fully saturated rings. The summed E-state index contributed by atoms with van der Waals surface area (Å²) in [6.07, 6.45) is 0. The van der Waals surface area contributed by atoms with Gasteiger partial charge in [0.25, 0.3) is 0 Å². The summed E-state index contributed by atoms with van der Waals surface area (Å²) in [6.45, 7) is 2.45. The maximum absolute atomic E-state index is 14.3. The quantitative estimate of drug-likeness (QED) is 0.750. The van der Waals surface area contributed by atoms with Gasteiger partial charge in [-0.25, -0.2) is 8.78 Å². The highest BCUT2D eigenvalue weighted by Crippen LogP contribution is 2.31. The zero-order chi connectivity index (χ0) is 14.7. The molecule has 0 saturated heterocycles. The molecule has 0 aromatic heterocycles. The van der Waals surface area contributed by atoms with E-state index in [2.05, 4.69) is 21.2 Å². The SMILES string of the molecule is CCNC(c1cccc(Cl)c1)c1c(F)ccc(Br)c1F. The van der Waals surface area contributed by atoms with Crippen LogP contribution in [0.4, 0.5) is 8.78 Å². The fraction of sp³-hybridized carbons (Fsp3) is 0.200. The largest absolute Gasteiger partial charge is 0.306 e. The van der Waals surface area contributed by atoms with Crippen LogP contribution in [0.3, 0.4) is 0 Å². The molecule has 0 heterocycles. The van der Waals surface area contributed by atoms with Crippen LogP contribution < -0.4 is 5.32 Å². The van der Waals surface area contributed by atoms with Gasteiger partial charge in [-0.05, 0) is 52.3 Å². The first-order valence-corrected chi connectivity index (χ1v) is 7.34. The van der Waals surface area contributed by atoms with Crippen molar-refractivity contribution in [2.24, 2.45) is 0 Å². The summed E-state index contributed by atoms with van der Waals surface area (Å²) in [5, 5.41) is 3.62. The predicted octanol–water partition coefficient (Wildman–Crippen LogP) is 5.08. The Hall–Kier alpha value is -0.970. The Balaban J connectivity index is 2.57. The van der Waals surface area contributed by atoms with Crippen LogP contribution in [-0.2, 0) is 0 Å². The van der Waals surface area contributed by atoms with Crippen molar-refractivity contribution in [1.29, 1.82) is 0 Å². The topological polar surface area (TPSA) is 12.0 Å². The van der Waals surface area contributed by atoms with Crippen LogP contribution in [-0.4, -0.2) is 6.54 Å². The Morgan fingerprint density at radius 2 is 2.00 bits per heavy atom. The van der Waals surface area contributed by atoms with E-state index in [-0.39, 0.29) is 10.0 Å². The molecular formula is C15H13BrClF2N. The van der Waals surface area contributed by atoms with Crippen molar-refractivity contribution < 1.29 is 8.78 Å². The van der Waals surface area contributed by atoms with Gasteiger partial charge < -0.3 is 5.32 Å². The Morgan fingerprint density at radius 3 is 2.65 bits per heavy atom. The first-order chi connectivity index (χ1) is 9.54. The van der Waals surface area contributed by atoms with Gasteiger partial charge in [-0.3, -0.25) is 0 Å². The Bertz CT molecular complexity index is 619. The van der Waals surface area contributed by atoms with Gasteiger partial charge in [0.05, 0.1) is 10.5 Å². The molecule has 0 amide bonds. The average Bonchev–Trinajstić information content (AvgIpc) is 2.42. The van der Waals surface area contributed by atoms with Gasteiger partial charge in [0, 0.05) is 10.6 Å². The van der Waals surface area contributed by atoms with E-state index in [0.717, 1.165) is 5.56 Å². The Labute approximate surface area is 130 Å². The van der Waals surface area contributed by atoms with Gasteiger partial charge in [-0.15, -0.1) is 0 Å². The molecule has 106 valence electrons. The minimum atomic E-state index is -0.601. The lowest BCUT2D eigenvalue weighted by Gasteiger charge is -2.21. The molecule has 0 aliphatic carbocycles. The summed E-state index contributed by atoms with van der Waals surface area (Å²) < 4.78 is 28.6. The number of nitrogens with one attached hydrogen (secondary N) is 1. The van der Waals surface area contributed by atoms with Crippen molar-refractivity contribution in [2.75, 3.05) is 6.54 Å². The summed E-state index contributed by atoms with van der Waals surface area (Å²) >= 11 is 9.05. The van der Waals surface area contributed by atoms with E-state index >= 15 is 0 Å². The summed E-state index contributed by atoms with van der Waals surface area (Å²) in [6, 6.07) is 8.99. The lowest BCUT2D eigenvalue weighted by Crippen LogP contribution is -2.24. The molecule has 0 radical (unpaired) electrons. The van der Waals surface area contributed by atoms with E-state index in [9.17, 15) is 8.78 Å². The monoisotopic (exact) mass is 359 g/mol. The van der Waals surface area contributed by atoms with Crippen molar-refractivity contribution in [3.63, 3.8) is 0 Å². The van der Waals surface area contributed by atoms with E-state index in [1.54, 1.807) is 24.3 Å². The average molecular weight is 361 g/mol. The van der Waals surface area contributed by atoms with Crippen LogP contribution >= 0.6 is 27.5 Å². The van der Waals surface area contributed by atoms with E-state index in [1.807, 2.05) is 6.92 Å². The van der Waals surface area contributed by atoms with Gasteiger partial charge in [0.15, 0.2) is 0 Å². The predicted molar refractivity (Wildman–Crippen MR) is 81.0 cm³/mol. The number of benzene rings is 2. The van der Waals surface area contributed by atoms with Gasteiger partial charge in [-0.2, -0.15) is 0 Å². The normalized spacial score (nSPS) is 12.4. The molecular weight excluding hydrogens is 348 g/mol. The first kappa shape index (κ1) is 15.4. The molecule has 0 spiro atoms. The fourth-order valence-electron chi connectivity index (χ4n) is 2.08. The fourth-order valence-corrected chi connectivity index (χ4v) is 2.63. The molecule has 1 N–H and O–H groups in total. The number of hydrogen-bond acceptors (Lipinski definition) is 1. The summed E-state index contributed by atoms with van der Waals surface area (Å²) in [5.41, 5.74) is 0.707. The zero-order valence-corrected chi connectivity index (χ0v) is 13.1. The second-order valence-electron chi connectivity index (χ2n) is 4.30. The highest BCUT2D eigenvalue weighted by atomic mass is 79.9. The van der Waals surface area contributed by atoms with Gasteiger partial charge in [-0.1, -0.05) is 30.7 Å². The lowest BCUT2D eigenvalue weighted by molar-refractivity contribution is 0.507. The summed E-state index contributed by atoms with van der Waals surface area (Å²) in [5.74, 6) is -1.19. The number of rotatable bonds is 4. The third kappa shape index (κ3) is 3.19. The van der Waals surface area contributed by atoms with Crippen molar-refractivity contribution in [1.82, 2.24) is 5.32 Å². The lowest BCUT2D eigenvalue weighted by atomic mass is 9.97. The van der Waals surface area contributed by atoms with Crippen molar-refractivity contribution >= 4 is 27.5 Å². The van der Waals surface area contributed by atoms with Crippen LogP contribution in [0.5, 0.6) is 0 Å². The molecule has 0 saturated carbocycles. The van der Waals surface area contributed by atoms with Gasteiger partial charge >= 0.3 is 0 Å². The molecule has 2 aromatic carbocycles. The molecule has 1 unspecified atom stereocenters. The zero-order valence-electron chi connectivity index (χ0n) is 10.8. The maximum Gasteiger partial charge on any atom is 0.145 e. The molecule has 1 nitrogen and oxygen atoms in total. The van der Waals surface area contributed by atoms with Crippen LogP contribution in [0.2, 0.25) is 5.02 Å². The summed E-state index contributed by atoms with van der Waals surface area (Å²) in [4.78, 5) is 0. The third-order valence-electron chi connectivity index (χ3n) is 2.96.